The molecule has 0 amide bonds. The van der Waals surface area contributed by atoms with Crippen LogP contribution in [0.25, 0.3) is 10.8 Å². The molecule has 0 fully saturated rings. The molecule has 0 bridgehead atoms. The Kier molecular flexibility index (Phi) is 5.31. The molecule has 1 atom stereocenters. The molecule has 1 aliphatic heterocycles. The molecule has 0 aromatic heterocycles. The largest absolute Gasteiger partial charge is 0.506 e. The zero-order chi connectivity index (χ0) is 19.7. The Morgan fingerprint density at radius 3 is 2.43 bits per heavy atom. The molecule has 0 saturated carbocycles. The Bertz CT molecular complexity index is 1160. The summed E-state index contributed by atoms with van der Waals surface area (Å²) in [5, 5.41) is 12.3. The average molecular weight is 430 g/mol. The number of hydrogen-bond acceptors (Lipinski definition) is 5. The predicted octanol–water partition coefficient (Wildman–Crippen LogP) is 5.81. The van der Waals surface area contributed by atoms with E-state index in [-0.39, 0.29) is 11.0 Å². The van der Waals surface area contributed by atoms with Gasteiger partial charge < -0.3 is 5.11 Å². The molecule has 3 aromatic rings. The molecule has 0 spiro atoms. The van der Waals surface area contributed by atoms with Crippen LogP contribution < -0.4 is 4.72 Å². The Labute approximate surface area is 173 Å². The third-order valence-electron chi connectivity index (χ3n) is 4.40. The lowest BCUT2D eigenvalue weighted by molar-refractivity contribution is 0.469. The third kappa shape index (κ3) is 3.87. The van der Waals surface area contributed by atoms with Gasteiger partial charge in [0.2, 0.25) is 0 Å². The van der Waals surface area contributed by atoms with E-state index in [1.54, 1.807) is 18.2 Å². The first-order valence-electron chi connectivity index (χ1n) is 8.81. The van der Waals surface area contributed by atoms with Gasteiger partial charge in [-0.15, -0.1) is 11.8 Å². The number of hydrogen-bond donors (Lipinski definition) is 2. The van der Waals surface area contributed by atoms with Crippen molar-refractivity contribution in [3.8, 4) is 5.75 Å². The maximum atomic E-state index is 12.9. The number of sulfonamides is 1. The highest BCUT2D eigenvalue weighted by atomic mass is 32.3. The molecule has 3 aromatic carbocycles. The van der Waals surface area contributed by atoms with Gasteiger partial charge >= 0.3 is 0 Å². The smallest absolute Gasteiger partial charge is 0.267 e. The van der Waals surface area contributed by atoms with Gasteiger partial charge in [-0.25, -0.2) is 8.42 Å². The van der Waals surface area contributed by atoms with Gasteiger partial charge in [0, 0.05) is 20.9 Å². The molecule has 0 saturated heterocycles. The topological polar surface area (TPSA) is 66.4 Å². The minimum absolute atomic E-state index is 0.149. The van der Waals surface area contributed by atoms with Gasteiger partial charge in [-0.2, -0.15) is 0 Å². The van der Waals surface area contributed by atoms with Gasteiger partial charge in [-0.1, -0.05) is 67.2 Å². The standard InChI is InChI=1S/C21H19NO3S3/c1-14-11-12-20(26-14)28(24,25)22-18-13-19(27-15-7-3-2-4-8-15)21(23)17-10-6-5-9-16(17)18/h2-10,12-14,22-23H,11H2,1H3. The Balaban J connectivity index is 1.78. The average Bonchev–Trinajstić information content (AvgIpc) is 3.14. The zero-order valence-electron chi connectivity index (χ0n) is 15.1. The van der Waals surface area contributed by atoms with Crippen molar-refractivity contribution in [2.45, 2.75) is 28.4 Å². The first-order valence-corrected chi connectivity index (χ1v) is 12.0. The zero-order valence-corrected chi connectivity index (χ0v) is 17.6. The van der Waals surface area contributed by atoms with Crippen LogP contribution in [0.4, 0.5) is 5.69 Å². The summed E-state index contributed by atoms with van der Waals surface area (Å²) in [6, 6.07) is 18.6. The molecule has 4 rings (SSSR count). The number of nitrogens with one attached hydrogen (secondary N) is 1. The second-order valence-electron chi connectivity index (χ2n) is 6.52. The van der Waals surface area contributed by atoms with E-state index < -0.39 is 10.0 Å². The number of aromatic hydroxyl groups is 1. The molecular weight excluding hydrogens is 410 g/mol. The van der Waals surface area contributed by atoms with Crippen LogP contribution in [0.2, 0.25) is 0 Å². The number of anilines is 1. The Morgan fingerprint density at radius 1 is 1.07 bits per heavy atom. The van der Waals surface area contributed by atoms with Crippen LogP contribution in [0.5, 0.6) is 5.75 Å². The van der Waals surface area contributed by atoms with E-state index in [1.165, 1.54) is 23.5 Å². The van der Waals surface area contributed by atoms with Gasteiger partial charge in [0.1, 0.15) is 9.99 Å². The van der Waals surface area contributed by atoms with Crippen molar-refractivity contribution >= 4 is 50.0 Å². The number of phenols is 1. The van der Waals surface area contributed by atoms with E-state index in [1.807, 2.05) is 55.5 Å². The van der Waals surface area contributed by atoms with Crippen LogP contribution in [0.3, 0.4) is 0 Å². The van der Waals surface area contributed by atoms with Crippen molar-refractivity contribution < 1.29 is 13.5 Å². The number of benzene rings is 3. The van der Waals surface area contributed by atoms with Crippen molar-refractivity contribution in [2.75, 3.05) is 4.72 Å². The molecule has 7 heteroatoms. The molecule has 28 heavy (non-hydrogen) atoms. The second kappa shape index (κ2) is 7.73. The van der Waals surface area contributed by atoms with Gasteiger partial charge in [0.05, 0.1) is 10.6 Å². The summed E-state index contributed by atoms with van der Waals surface area (Å²) in [7, 11) is -3.66. The molecule has 1 unspecified atom stereocenters. The maximum absolute atomic E-state index is 12.9. The minimum atomic E-state index is -3.66. The van der Waals surface area contributed by atoms with E-state index >= 15 is 0 Å². The monoisotopic (exact) mass is 429 g/mol. The summed E-state index contributed by atoms with van der Waals surface area (Å²) in [5.74, 6) is 0.149. The molecule has 144 valence electrons. The summed E-state index contributed by atoms with van der Waals surface area (Å²) in [6.45, 7) is 2.01. The van der Waals surface area contributed by atoms with E-state index in [0.29, 0.717) is 25.6 Å². The van der Waals surface area contributed by atoms with Gasteiger partial charge in [0.15, 0.2) is 0 Å². The fraction of sp³-hybridized carbons (Fsp3) is 0.143. The summed E-state index contributed by atoms with van der Waals surface area (Å²) < 4.78 is 28.8. The lowest BCUT2D eigenvalue weighted by atomic mass is 10.1. The van der Waals surface area contributed by atoms with E-state index in [0.717, 1.165) is 11.3 Å². The minimum Gasteiger partial charge on any atom is -0.506 e. The van der Waals surface area contributed by atoms with Crippen molar-refractivity contribution in [3.05, 3.63) is 71.0 Å². The van der Waals surface area contributed by atoms with Crippen LogP contribution in [-0.2, 0) is 10.0 Å². The van der Waals surface area contributed by atoms with Gasteiger partial charge in [-0.05, 0) is 24.6 Å². The Morgan fingerprint density at radius 2 is 1.75 bits per heavy atom. The normalized spacial score (nSPS) is 16.9. The highest BCUT2D eigenvalue weighted by molar-refractivity contribution is 8.19. The molecule has 2 N–H and O–H groups in total. The second-order valence-corrected chi connectivity index (χ2v) is 11.0. The van der Waals surface area contributed by atoms with Crippen LogP contribution in [0.1, 0.15) is 13.3 Å². The van der Waals surface area contributed by atoms with Crippen LogP contribution in [0.15, 0.2) is 80.8 Å². The van der Waals surface area contributed by atoms with Crippen LogP contribution >= 0.6 is 23.5 Å². The number of allylic oxidation sites excluding steroid dienone is 1. The molecule has 0 radical (unpaired) electrons. The van der Waals surface area contributed by atoms with E-state index in [4.69, 9.17) is 0 Å². The summed E-state index contributed by atoms with van der Waals surface area (Å²) in [4.78, 5) is 1.56. The Hall–Kier alpha value is -2.09. The van der Waals surface area contributed by atoms with E-state index in [9.17, 15) is 13.5 Å². The number of thioether (sulfide) groups is 1. The highest BCUT2D eigenvalue weighted by Gasteiger charge is 2.26. The van der Waals surface area contributed by atoms with Gasteiger partial charge in [0.25, 0.3) is 10.0 Å². The van der Waals surface area contributed by atoms with Crippen molar-refractivity contribution in [2.24, 2.45) is 0 Å². The first-order chi connectivity index (χ1) is 13.4. The molecule has 4 nitrogen and oxygen atoms in total. The molecular formula is C21H19NO3S3. The molecule has 1 aliphatic rings. The van der Waals surface area contributed by atoms with Crippen molar-refractivity contribution in [3.63, 3.8) is 0 Å². The third-order valence-corrected chi connectivity index (χ3v) is 8.56. The van der Waals surface area contributed by atoms with Crippen molar-refractivity contribution in [1.82, 2.24) is 0 Å². The SMILES string of the molecule is CC1CC=C(S(=O)(=O)Nc2cc(Sc3ccccc3)c(O)c3ccccc23)S1. The lowest BCUT2D eigenvalue weighted by Gasteiger charge is -2.15. The summed E-state index contributed by atoms with van der Waals surface area (Å²) in [6.07, 6.45) is 2.51. The predicted molar refractivity (Wildman–Crippen MR) is 118 cm³/mol. The van der Waals surface area contributed by atoms with Gasteiger partial charge in [-0.3, -0.25) is 4.72 Å². The summed E-state index contributed by atoms with van der Waals surface area (Å²) >= 11 is 2.76. The van der Waals surface area contributed by atoms with Crippen molar-refractivity contribution in [1.29, 1.82) is 0 Å². The number of fused-ring (bicyclic) bond motifs is 1. The summed E-state index contributed by atoms with van der Waals surface area (Å²) in [5.41, 5.74) is 0.466. The highest BCUT2D eigenvalue weighted by Crippen LogP contribution is 2.43. The fourth-order valence-electron chi connectivity index (χ4n) is 3.04. The van der Waals surface area contributed by atoms with Crippen LogP contribution in [-0.4, -0.2) is 18.8 Å². The lowest BCUT2D eigenvalue weighted by Crippen LogP contribution is -2.13. The molecule has 1 heterocycles. The van der Waals surface area contributed by atoms with Crippen LogP contribution in [0, 0.1) is 0 Å². The first kappa shape index (κ1) is 19.2. The molecule has 0 aliphatic carbocycles. The fourth-order valence-corrected chi connectivity index (χ4v) is 6.75. The number of phenolic OH excluding ortho intramolecular Hbond substituents is 1. The maximum Gasteiger partial charge on any atom is 0.267 e. The number of rotatable bonds is 5. The van der Waals surface area contributed by atoms with E-state index in [2.05, 4.69) is 4.72 Å². The quantitative estimate of drug-likeness (QED) is 0.501.